The van der Waals surface area contributed by atoms with Gasteiger partial charge in [-0.2, -0.15) is 0 Å². The number of rotatable bonds is 7. The molecule has 6 nitrogen and oxygen atoms in total. The zero-order chi connectivity index (χ0) is 13.5. The predicted octanol–water partition coefficient (Wildman–Crippen LogP) is -0.0503. The number of imidazole rings is 1. The SMILES string of the molecule is COCCNCc1nccn1CC1CN(C)CCO1. The largest absolute Gasteiger partial charge is 0.383 e. The molecule has 19 heavy (non-hydrogen) atoms. The van der Waals surface area contributed by atoms with Crippen molar-refractivity contribution in [1.29, 1.82) is 0 Å². The molecule has 1 fully saturated rings. The van der Waals surface area contributed by atoms with Crippen LogP contribution < -0.4 is 5.32 Å². The van der Waals surface area contributed by atoms with Crippen LogP contribution in [0.2, 0.25) is 0 Å². The van der Waals surface area contributed by atoms with Gasteiger partial charge in [-0.25, -0.2) is 4.98 Å². The van der Waals surface area contributed by atoms with Crippen molar-refractivity contribution < 1.29 is 9.47 Å². The first kappa shape index (κ1) is 14.5. The second-order valence-electron chi connectivity index (χ2n) is 4.92. The van der Waals surface area contributed by atoms with E-state index in [0.29, 0.717) is 0 Å². The quantitative estimate of drug-likeness (QED) is 0.703. The number of hydrogen-bond donors (Lipinski definition) is 1. The van der Waals surface area contributed by atoms with Gasteiger partial charge in [-0.1, -0.05) is 0 Å². The summed E-state index contributed by atoms with van der Waals surface area (Å²) in [4.78, 5) is 6.70. The molecule has 0 bridgehead atoms. The molecule has 1 aromatic heterocycles. The Balaban J connectivity index is 1.81. The zero-order valence-electron chi connectivity index (χ0n) is 11.8. The van der Waals surface area contributed by atoms with Crippen molar-refractivity contribution in [2.75, 3.05) is 47.0 Å². The molecule has 0 aliphatic carbocycles. The van der Waals surface area contributed by atoms with E-state index < -0.39 is 0 Å². The summed E-state index contributed by atoms with van der Waals surface area (Å²) in [6.45, 7) is 6.01. The van der Waals surface area contributed by atoms with Crippen LogP contribution in [0.25, 0.3) is 0 Å². The number of hydrogen-bond acceptors (Lipinski definition) is 5. The summed E-state index contributed by atoms with van der Waals surface area (Å²) in [6, 6.07) is 0. The molecule has 6 heteroatoms. The number of nitrogens with zero attached hydrogens (tertiary/aromatic N) is 3. The Morgan fingerprint density at radius 3 is 3.26 bits per heavy atom. The van der Waals surface area contributed by atoms with E-state index in [1.165, 1.54) is 0 Å². The first-order valence-electron chi connectivity index (χ1n) is 6.79. The molecule has 1 aliphatic rings. The van der Waals surface area contributed by atoms with E-state index in [-0.39, 0.29) is 6.10 Å². The average Bonchev–Trinajstić information content (AvgIpc) is 2.82. The highest BCUT2D eigenvalue weighted by atomic mass is 16.5. The van der Waals surface area contributed by atoms with E-state index in [1.54, 1.807) is 7.11 Å². The molecule has 1 unspecified atom stereocenters. The molecular weight excluding hydrogens is 244 g/mol. The molecule has 0 radical (unpaired) electrons. The molecule has 2 rings (SSSR count). The van der Waals surface area contributed by atoms with Crippen LogP contribution in [0.1, 0.15) is 5.82 Å². The van der Waals surface area contributed by atoms with E-state index in [0.717, 1.165) is 51.8 Å². The molecule has 1 N–H and O–H groups in total. The van der Waals surface area contributed by atoms with E-state index >= 15 is 0 Å². The van der Waals surface area contributed by atoms with Gasteiger partial charge in [-0.15, -0.1) is 0 Å². The van der Waals surface area contributed by atoms with E-state index in [9.17, 15) is 0 Å². The summed E-state index contributed by atoms with van der Waals surface area (Å²) >= 11 is 0. The van der Waals surface area contributed by atoms with Crippen molar-refractivity contribution in [3.8, 4) is 0 Å². The van der Waals surface area contributed by atoms with Crippen LogP contribution in [0.15, 0.2) is 12.4 Å². The Labute approximate surface area is 114 Å². The minimum Gasteiger partial charge on any atom is -0.383 e. The van der Waals surface area contributed by atoms with Gasteiger partial charge in [0.2, 0.25) is 0 Å². The average molecular weight is 268 g/mol. The molecule has 108 valence electrons. The van der Waals surface area contributed by atoms with Crippen LogP contribution in [-0.4, -0.2) is 67.6 Å². The Kier molecular flexibility index (Phi) is 5.78. The van der Waals surface area contributed by atoms with Crippen LogP contribution in [0.5, 0.6) is 0 Å². The first-order chi connectivity index (χ1) is 9.29. The van der Waals surface area contributed by atoms with Crippen molar-refractivity contribution in [2.45, 2.75) is 19.2 Å². The van der Waals surface area contributed by atoms with Crippen molar-refractivity contribution in [3.05, 3.63) is 18.2 Å². The Bertz CT molecular complexity index is 369. The monoisotopic (exact) mass is 268 g/mol. The maximum atomic E-state index is 5.79. The number of methoxy groups -OCH3 is 1. The second kappa shape index (κ2) is 7.59. The van der Waals surface area contributed by atoms with Gasteiger partial charge < -0.3 is 24.3 Å². The number of aromatic nitrogens is 2. The molecular formula is C13H24N4O2. The molecule has 0 amide bonds. The first-order valence-corrected chi connectivity index (χ1v) is 6.79. The number of morpholine rings is 1. The number of likely N-dealkylation sites (N-methyl/N-ethyl adjacent to an activating group) is 1. The molecule has 1 aliphatic heterocycles. The van der Waals surface area contributed by atoms with Crippen molar-refractivity contribution in [2.24, 2.45) is 0 Å². The van der Waals surface area contributed by atoms with Gasteiger partial charge in [-0.05, 0) is 7.05 Å². The van der Waals surface area contributed by atoms with Crippen LogP contribution in [0.4, 0.5) is 0 Å². The summed E-state index contributed by atoms with van der Waals surface area (Å²) in [5.41, 5.74) is 0. The fourth-order valence-corrected chi connectivity index (χ4v) is 2.24. The van der Waals surface area contributed by atoms with Gasteiger partial charge in [0, 0.05) is 39.1 Å². The molecule has 1 atom stereocenters. The summed E-state index contributed by atoms with van der Waals surface area (Å²) in [7, 11) is 3.84. The van der Waals surface area contributed by atoms with E-state index in [1.807, 2.05) is 12.4 Å². The minimum absolute atomic E-state index is 0.255. The predicted molar refractivity (Wildman–Crippen MR) is 73.0 cm³/mol. The van der Waals surface area contributed by atoms with E-state index in [2.05, 4.69) is 26.8 Å². The van der Waals surface area contributed by atoms with Gasteiger partial charge >= 0.3 is 0 Å². The maximum Gasteiger partial charge on any atom is 0.122 e. The Morgan fingerprint density at radius 2 is 2.47 bits per heavy atom. The fraction of sp³-hybridized carbons (Fsp3) is 0.769. The van der Waals surface area contributed by atoms with E-state index in [4.69, 9.17) is 9.47 Å². The molecule has 1 aromatic rings. The topological polar surface area (TPSA) is 51.5 Å². The standard InChI is InChI=1S/C13H24N4O2/c1-16-6-8-19-12(10-16)11-17-5-3-15-13(17)9-14-4-7-18-2/h3,5,12,14H,4,6-11H2,1-2H3. The Morgan fingerprint density at radius 1 is 1.58 bits per heavy atom. The highest BCUT2D eigenvalue weighted by Crippen LogP contribution is 2.07. The summed E-state index contributed by atoms with van der Waals surface area (Å²) in [5, 5.41) is 3.32. The van der Waals surface area contributed by atoms with Crippen LogP contribution in [0.3, 0.4) is 0 Å². The lowest BCUT2D eigenvalue weighted by Crippen LogP contribution is -2.42. The third kappa shape index (κ3) is 4.58. The molecule has 0 spiro atoms. The maximum absolute atomic E-state index is 5.79. The van der Waals surface area contributed by atoms with Gasteiger partial charge in [0.15, 0.2) is 0 Å². The summed E-state index contributed by atoms with van der Waals surface area (Å²) in [5.74, 6) is 1.05. The van der Waals surface area contributed by atoms with Gasteiger partial charge in [-0.3, -0.25) is 0 Å². The third-order valence-electron chi connectivity index (χ3n) is 3.31. The number of ether oxygens (including phenoxy) is 2. The second-order valence-corrected chi connectivity index (χ2v) is 4.92. The van der Waals surface area contributed by atoms with Crippen LogP contribution >= 0.6 is 0 Å². The molecule has 1 saturated heterocycles. The van der Waals surface area contributed by atoms with Gasteiger partial charge in [0.25, 0.3) is 0 Å². The third-order valence-corrected chi connectivity index (χ3v) is 3.31. The molecule has 0 saturated carbocycles. The normalized spacial score (nSPS) is 20.8. The lowest BCUT2D eigenvalue weighted by atomic mass is 10.3. The highest BCUT2D eigenvalue weighted by Gasteiger charge is 2.18. The van der Waals surface area contributed by atoms with Crippen LogP contribution in [0, 0.1) is 0 Å². The lowest BCUT2D eigenvalue weighted by Gasteiger charge is -2.30. The van der Waals surface area contributed by atoms with Crippen LogP contribution in [-0.2, 0) is 22.6 Å². The van der Waals surface area contributed by atoms with Crippen molar-refractivity contribution >= 4 is 0 Å². The Hall–Kier alpha value is -0.950. The van der Waals surface area contributed by atoms with Gasteiger partial charge in [0.05, 0.1) is 32.4 Å². The van der Waals surface area contributed by atoms with Crippen molar-refractivity contribution in [3.63, 3.8) is 0 Å². The molecule has 0 aromatic carbocycles. The van der Waals surface area contributed by atoms with Gasteiger partial charge in [0.1, 0.15) is 5.82 Å². The smallest absolute Gasteiger partial charge is 0.122 e. The fourth-order valence-electron chi connectivity index (χ4n) is 2.24. The molecule has 2 heterocycles. The lowest BCUT2D eigenvalue weighted by molar-refractivity contribution is -0.0278. The summed E-state index contributed by atoms with van der Waals surface area (Å²) in [6.07, 6.45) is 4.12. The highest BCUT2D eigenvalue weighted by molar-refractivity contribution is 4.93. The van der Waals surface area contributed by atoms with Crippen molar-refractivity contribution in [1.82, 2.24) is 19.8 Å². The number of nitrogens with one attached hydrogen (secondary N) is 1. The summed E-state index contributed by atoms with van der Waals surface area (Å²) < 4.78 is 13.0. The zero-order valence-corrected chi connectivity index (χ0v) is 11.8. The minimum atomic E-state index is 0.255.